The van der Waals surface area contributed by atoms with Crippen LogP contribution in [0, 0.1) is 73.5 Å². The zero-order chi connectivity index (χ0) is 24.5. The second kappa shape index (κ2) is 18.5. The molecule has 0 aromatic heterocycles. The van der Waals surface area contributed by atoms with Crippen LogP contribution in [0.1, 0.15) is 150 Å². The number of hydrogen-bond acceptors (Lipinski definition) is 0. The van der Waals surface area contributed by atoms with Gasteiger partial charge in [-0.15, -0.1) is 0 Å². The van der Waals surface area contributed by atoms with Gasteiger partial charge in [0.2, 0.25) is 0 Å². The van der Waals surface area contributed by atoms with Crippen LogP contribution in [0.15, 0.2) is 0 Å². The van der Waals surface area contributed by atoms with Gasteiger partial charge in [0.05, 0.1) is 0 Å². The molecule has 4 rings (SSSR count). The molecular formula is C35H66Y-2. The molecule has 0 amide bonds. The van der Waals surface area contributed by atoms with Gasteiger partial charge in [-0.1, -0.05) is 131 Å². The van der Waals surface area contributed by atoms with Crippen LogP contribution < -0.4 is 0 Å². The standard InChI is InChI=1S/C34H63.CH3.Y/c1-7-14-28-18-11-10-17-25(4)21-23-31-26(5)29(15-8-2)34(31)20-13-12-19-30-27(6)32(24-22-28)33(30)16-9-3;;/h25-34H,4,7-24H2,1-3,5-6H3;1H3;/q2*-1;. The van der Waals surface area contributed by atoms with E-state index in [4.69, 9.17) is 0 Å². The second-order valence-electron chi connectivity index (χ2n) is 13.5. The van der Waals surface area contributed by atoms with Gasteiger partial charge in [0.15, 0.2) is 0 Å². The fourth-order valence-corrected chi connectivity index (χ4v) is 9.44. The topological polar surface area (TPSA) is 0 Å². The molecule has 4 aliphatic carbocycles. The first-order valence-corrected chi connectivity index (χ1v) is 16.3. The maximum Gasteiger partial charge on any atom is 0 e. The minimum absolute atomic E-state index is 0. The summed E-state index contributed by atoms with van der Waals surface area (Å²) in [6.45, 7) is 17.1. The summed E-state index contributed by atoms with van der Waals surface area (Å²) in [6, 6.07) is 0. The Morgan fingerprint density at radius 2 is 1.06 bits per heavy atom. The third-order valence-electron chi connectivity index (χ3n) is 11.5. The van der Waals surface area contributed by atoms with E-state index < -0.39 is 0 Å². The van der Waals surface area contributed by atoms with Gasteiger partial charge in [-0.3, -0.25) is 0 Å². The van der Waals surface area contributed by atoms with Crippen molar-refractivity contribution in [2.24, 2.45) is 59.2 Å². The first-order chi connectivity index (χ1) is 16.5. The van der Waals surface area contributed by atoms with Crippen LogP contribution in [0.25, 0.3) is 0 Å². The molecule has 4 fully saturated rings. The Balaban J connectivity index is 0.00000324. The molecule has 2 bridgehead atoms. The Morgan fingerprint density at radius 1 is 0.528 bits per heavy atom. The van der Waals surface area contributed by atoms with Crippen LogP contribution in [0.4, 0.5) is 0 Å². The van der Waals surface area contributed by atoms with E-state index in [1.807, 2.05) is 0 Å². The molecule has 211 valence electrons. The Morgan fingerprint density at radius 3 is 1.72 bits per heavy atom. The van der Waals surface area contributed by atoms with Crippen molar-refractivity contribution in [3.8, 4) is 0 Å². The molecule has 4 saturated carbocycles. The molecule has 0 N–H and O–H groups in total. The van der Waals surface area contributed by atoms with Crippen molar-refractivity contribution in [3.05, 3.63) is 14.4 Å². The Labute approximate surface area is 255 Å². The molecule has 4 aliphatic rings. The van der Waals surface area contributed by atoms with Crippen LogP contribution in [0.3, 0.4) is 0 Å². The van der Waals surface area contributed by atoms with Gasteiger partial charge in [0.25, 0.3) is 0 Å². The van der Waals surface area contributed by atoms with Crippen molar-refractivity contribution in [3.63, 3.8) is 0 Å². The van der Waals surface area contributed by atoms with Gasteiger partial charge in [-0.2, -0.15) is 5.92 Å². The van der Waals surface area contributed by atoms with E-state index in [0.29, 0.717) is 5.92 Å². The predicted molar refractivity (Wildman–Crippen MR) is 158 cm³/mol. The van der Waals surface area contributed by atoms with Gasteiger partial charge in [0.1, 0.15) is 0 Å². The molecule has 10 atom stereocenters. The maximum absolute atomic E-state index is 4.61. The smallest absolute Gasteiger partial charge is 0 e. The van der Waals surface area contributed by atoms with Gasteiger partial charge in [-0.25, -0.2) is 0 Å². The van der Waals surface area contributed by atoms with Gasteiger partial charge < -0.3 is 14.4 Å². The Bertz CT molecular complexity index is 543. The molecule has 1 heteroatoms. The van der Waals surface area contributed by atoms with E-state index in [0.717, 1.165) is 53.3 Å². The summed E-state index contributed by atoms with van der Waals surface area (Å²) in [6.07, 6.45) is 26.4. The Hall–Kier alpha value is 1.10. The molecule has 0 aromatic carbocycles. The summed E-state index contributed by atoms with van der Waals surface area (Å²) >= 11 is 0. The van der Waals surface area contributed by atoms with E-state index in [-0.39, 0.29) is 40.1 Å². The van der Waals surface area contributed by atoms with Gasteiger partial charge in [0, 0.05) is 32.7 Å². The summed E-state index contributed by atoms with van der Waals surface area (Å²) in [7, 11) is 0. The van der Waals surface area contributed by atoms with E-state index in [1.165, 1.54) is 116 Å². The maximum atomic E-state index is 4.61. The van der Waals surface area contributed by atoms with Crippen molar-refractivity contribution in [2.45, 2.75) is 150 Å². The average molecular weight is 576 g/mol. The monoisotopic (exact) mass is 575 g/mol. The summed E-state index contributed by atoms with van der Waals surface area (Å²) in [4.78, 5) is 0. The normalized spacial score (nSPS) is 40.5. The molecule has 0 aromatic rings. The first-order valence-electron chi connectivity index (χ1n) is 16.3. The quantitative estimate of drug-likeness (QED) is 0.276. The molecule has 0 aliphatic heterocycles. The zero-order valence-corrected chi connectivity index (χ0v) is 28.6. The molecular weight excluding hydrogens is 509 g/mol. The third-order valence-corrected chi connectivity index (χ3v) is 11.5. The molecule has 0 nitrogen and oxygen atoms in total. The zero-order valence-electron chi connectivity index (χ0n) is 25.8. The minimum atomic E-state index is 0. The van der Waals surface area contributed by atoms with Crippen molar-refractivity contribution in [1.82, 2.24) is 0 Å². The fourth-order valence-electron chi connectivity index (χ4n) is 9.44. The van der Waals surface area contributed by atoms with Crippen LogP contribution in [-0.2, 0) is 32.7 Å². The van der Waals surface area contributed by atoms with Crippen LogP contribution >= 0.6 is 0 Å². The second-order valence-corrected chi connectivity index (χ2v) is 13.5. The first kappa shape index (κ1) is 35.1. The van der Waals surface area contributed by atoms with Crippen molar-refractivity contribution < 1.29 is 32.7 Å². The Kier molecular flexibility index (Phi) is 18.0. The molecule has 1 radical (unpaired) electrons. The van der Waals surface area contributed by atoms with Crippen LogP contribution in [0.2, 0.25) is 0 Å². The average Bonchev–Trinajstić information content (AvgIpc) is 2.83. The molecule has 0 spiro atoms. The molecule has 10 unspecified atom stereocenters. The predicted octanol–water partition coefficient (Wildman–Crippen LogP) is 11.6. The van der Waals surface area contributed by atoms with E-state index >= 15 is 0 Å². The summed E-state index contributed by atoms with van der Waals surface area (Å²) < 4.78 is 0. The number of hydrogen-bond donors (Lipinski definition) is 0. The van der Waals surface area contributed by atoms with E-state index in [9.17, 15) is 0 Å². The van der Waals surface area contributed by atoms with E-state index in [1.54, 1.807) is 0 Å². The van der Waals surface area contributed by atoms with E-state index in [2.05, 4.69) is 41.5 Å². The fraction of sp³-hybridized carbons (Fsp3) is 0.943. The SMILES string of the molecule is [CH2-]C1CCCCC(CCC)CCC2C(C)C(CCCCC3C(CCC)C(C)C3CC1)C2CCC.[CH3-].[Y]. The van der Waals surface area contributed by atoms with Crippen molar-refractivity contribution in [2.75, 3.05) is 0 Å². The summed E-state index contributed by atoms with van der Waals surface area (Å²) in [5.74, 6) is 9.90. The van der Waals surface area contributed by atoms with Crippen molar-refractivity contribution >= 4 is 0 Å². The minimum Gasteiger partial charge on any atom is -0.358 e. The molecule has 0 heterocycles. The van der Waals surface area contributed by atoms with Crippen molar-refractivity contribution in [1.29, 1.82) is 0 Å². The summed E-state index contributed by atoms with van der Waals surface area (Å²) in [5, 5.41) is 0. The van der Waals surface area contributed by atoms with Gasteiger partial charge >= 0.3 is 0 Å². The number of rotatable bonds is 6. The molecule has 36 heavy (non-hydrogen) atoms. The third kappa shape index (κ3) is 9.34. The summed E-state index contributed by atoms with van der Waals surface area (Å²) in [5.41, 5.74) is 0. The van der Waals surface area contributed by atoms with Gasteiger partial charge in [-0.05, 0) is 72.5 Å². The number of fused-ring (bicyclic) bond motifs is 12. The molecule has 0 saturated heterocycles. The largest absolute Gasteiger partial charge is 0.358 e. The van der Waals surface area contributed by atoms with Crippen LogP contribution in [-0.4, -0.2) is 0 Å². The van der Waals surface area contributed by atoms with Crippen LogP contribution in [0.5, 0.6) is 0 Å².